The molecular weight excluding hydrogens is 435 g/mol. The van der Waals surface area contributed by atoms with Gasteiger partial charge >= 0.3 is 6.18 Å². The maximum Gasteiger partial charge on any atom is 0.417 e. The summed E-state index contributed by atoms with van der Waals surface area (Å²) in [6.45, 7) is 2.43. The lowest BCUT2D eigenvalue weighted by atomic mass is 9.76. The zero-order chi connectivity index (χ0) is 23.2. The molecule has 3 aromatic heterocycles. The molecule has 8 nitrogen and oxygen atoms in total. The molecule has 2 aliphatic heterocycles. The van der Waals surface area contributed by atoms with Gasteiger partial charge in [0.05, 0.1) is 24.0 Å². The first-order chi connectivity index (χ1) is 15.8. The van der Waals surface area contributed by atoms with Crippen molar-refractivity contribution in [3.8, 4) is 5.69 Å². The van der Waals surface area contributed by atoms with Gasteiger partial charge in [-0.05, 0) is 56.4 Å². The smallest absolute Gasteiger partial charge is 0.365 e. The van der Waals surface area contributed by atoms with Gasteiger partial charge in [0.2, 0.25) is 0 Å². The van der Waals surface area contributed by atoms with Crippen LogP contribution in [-0.4, -0.2) is 54.4 Å². The molecule has 1 amide bonds. The standard InChI is InChI=1S/C22H22F3N7O/c1-13-2-5-18(32-27-8-9-28-32)20(29-13)21(33)31-12-14-3-6-17(31)16(10-14)30-19-7-4-15(11-26-19)22(23,24)25/h2,4-5,7-9,11,14,16-17H,3,6,10,12H2,1H3,(H,26,30)/t14-,16+,17-/m0/s1. The summed E-state index contributed by atoms with van der Waals surface area (Å²) < 4.78 is 38.5. The normalized spacial score (nSPS) is 22.4. The van der Waals surface area contributed by atoms with Crippen LogP contribution in [0.3, 0.4) is 0 Å². The highest BCUT2D eigenvalue weighted by atomic mass is 19.4. The van der Waals surface area contributed by atoms with Crippen molar-refractivity contribution in [2.45, 2.75) is 44.4 Å². The molecule has 172 valence electrons. The SMILES string of the molecule is Cc1ccc(-n2nccn2)c(C(=O)N2C[C@H]3CC[C@H]2[C@H](Nc2ccc(C(F)(F)F)cn2)C3)n1. The van der Waals surface area contributed by atoms with Crippen molar-refractivity contribution in [3.63, 3.8) is 0 Å². The van der Waals surface area contributed by atoms with E-state index in [0.717, 1.165) is 31.5 Å². The molecule has 11 heteroatoms. The summed E-state index contributed by atoms with van der Waals surface area (Å²) in [4.78, 5) is 25.3. The molecule has 5 heterocycles. The van der Waals surface area contributed by atoms with E-state index in [1.165, 1.54) is 23.3 Å². The van der Waals surface area contributed by atoms with Crippen LogP contribution in [0.1, 0.15) is 41.0 Å². The second-order valence-electron chi connectivity index (χ2n) is 8.52. The zero-order valence-electron chi connectivity index (χ0n) is 17.8. The fourth-order valence-corrected chi connectivity index (χ4v) is 4.76. The van der Waals surface area contributed by atoms with Crippen LogP contribution in [-0.2, 0) is 6.18 Å². The first-order valence-corrected chi connectivity index (χ1v) is 10.7. The Balaban J connectivity index is 1.39. The molecule has 0 unspecified atom stereocenters. The second-order valence-corrected chi connectivity index (χ2v) is 8.52. The average molecular weight is 457 g/mol. The van der Waals surface area contributed by atoms with Gasteiger partial charge < -0.3 is 10.2 Å². The van der Waals surface area contributed by atoms with Crippen molar-refractivity contribution in [2.75, 3.05) is 11.9 Å². The number of hydrogen-bond acceptors (Lipinski definition) is 6. The number of amides is 1. The Labute approximate surface area is 187 Å². The summed E-state index contributed by atoms with van der Waals surface area (Å²) in [5.41, 5.74) is 0.705. The maximum absolute atomic E-state index is 13.6. The van der Waals surface area contributed by atoms with Crippen molar-refractivity contribution in [3.05, 3.63) is 59.8 Å². The Morgan fingerprint density at radius 2 is 1.91 bits per heavy atom. The largest absolute Gasteiger partial charge is 0.417 e. The van der Waals surface area contributed by atoms with E-state index in [2.05, 4.69) is 25.5 Å². The number of pyridine rings is 2. The quantitative estimate of drug-likeness (QED) is 0.645. The molecule has 1 saturated carbocycles. The van der Waals surface area contributed by atoms with Crippen LogP contribution in [0.4, 0.5) is 19.0 Å². The number of nitrogens with zero attached hydrogens (tertiary/aromatic N) is 6. The molecule has 1 aliphatic carbocycles. The zero-order valence-corrected chi connectivity index (χ0v) is 17.8. The molecule has 1 N–H and O–H groups in total. The molecule has 0 aromatic carbocycles. The van der Waals surface area contributed by atoms with Crippen molar-refractivity contribution >= 4 is 11.7 Å². The Hall–Kier alpha value is -3.50. The molecule has 0 radical (unpaired) electrons. The second kappa shape index (κ2) is 8.13. The number of nitrogens with one attached hydrogen (secondary N) is 1. The van der Waals surface area contributed by atoms with Crippen molar-refractivity contribution in [1.29, 1.82) is 0 Å². The summed E-state index contributed by atoms with van der Waals surface area (Å²) in [5, 5.41) is 11.5. The van der Waals surface area contributed by atoms with Gasteiger partial charge in [-0.15, -0.1) is 4.80 Å². The number of aromatic nitrogens is 5. The first kappa shape index (κ1) is 21.4. The number of rotatable bonds is 4. The Kier molecular flexibility index (Phi) is 5.26. The van der Waals surface area contributed by atoms with Crippen LogP contribution in [0, 0.1) is 12.8 Å². The van der Waals surface area contributed by atoms with E-state index in [4.69, 9.17) is 0 Å². The molecular formula is C22H22F3N7O. The topological polar surface area (TPSA) is 88.8 Å². The van der Waals surface area contributed by atoms with Crippen LogP contribution >= 0.6 is 0 Å². The summed E-state index contributed by atoms with van der Waals surface area (Å²) in [7, 11) is 0. The van der Waals surface area contributed by atoms with E-state index in [9.17, 15) is 18.0 Å². The molecule has 3 aromatic rings. The highest BCUT2D eigenvalue weighted by Gasteiger charge is 2.44. The molecule has 3 atom stereocenters. The minimum atomic E-state index is -4.43. The monoisotopic (exact) mass is 457 g/mol. The predicted octanol–water partition coefficient (Wildman–Crippen LogP) is 3.49. The number of fused-ring (bicyclic) bond motifs is 3. The number of aryl methyl sites for hydroxylation is 1. The van der Waals surface area contributed by atoms with E-state index in [-0.39, 0.29) is 23.7 Å². The van der Waals surface area contributed by atoms with E-state index in [1.54, 1.807) is 12.1 Å². The number of piperidine rings is 2. The van der Waals surface area contributed by atoms with Crippen molar-refractivity contribution in [1.82, 2.24) is 29.9 Å². The van der Waals surface area contributed by atoms with E-state index < -0.39 is 11.7 Å². The van der Waals surface area contributed by atoms with Gasteiger partial charge in [-0.2, -0.15) is 23.4 Å². The molecule has 3 aliphatic rings. The van der Waals surface area contributed by atoms with Gasteiger partial charge in [-0.3, -0.25) is 4.79 Å². The number of anilines is 1. The van der Waals surface area contributed by atoms with E-state index in [1.807, 2.05) is 11.8 Å². The Morgan fingerprint density at radius 1 is 1.12 bits per heavy atom. The van der Waals surface area contributed by atoms with Gasteiger partial charge in [0.15, 0.2) is 5.69 Å². The summed E-state index contributed by atoms with van der Waals surface area (Å²) in [5.74, 6) is 0.456. The fourth-order valence-electron chi connectivity index (χ4n) is 4.76. The Morgan fingerprint density at radius 3 is 2.58 bits per heavy atom. The third-order valence-electron chi connectivity index (χ3n) is 6.31. The van der Waals surface area contributed by atoms with Crippen LogP contribution in [0.25, 0.3) is 5.69 Å². The van der Waals surface area contributed by atoms with Crippen LogP contribution < -0.4 is 5.32 Å². The molecule has 33 heavy (non-hydrogen) atoms. The minimum absolute atomic E-state index is 0.109. The maximum atomic E-state index is 13.6. The van der Waals surface area contributed by atoms with E-state index in [0.29, 0.717) is 29.7 Å². The first-order valence-electron chi connectivity index (χ1n) is 10.7. The van der Waals surface area contributed by atoms with Crippen LogP contribution in [0.5, 0.6) is 0 Å². The van der Waals surface area contributed by atoms with Crippen LogP contribution in [0.2, 0.25) is 0 Å². The average Bonchev–Trinajstić information content (AvgIpc) is 3.33. The number of carbonyl (C=O) groups is 1. The number of carbonyl (C=O) groups excluding carboxylic acids is 1. The predicted molar refractivity (Wildman–Crippen MR) is 113 cm³/mol. The van der Waals surface area contributed by atoms with Gasteiger partial charge in [0, 0.05) is 24.5 Å². The number of alkyl halides is 3. The van der Waals surface area contributed by atoms with E-state index >= 15 is 0 Å². The third kappa shape index (κ3) is 4.14. The molecule has 3 fully saturated rings. The van der Waals surface area contributed by atoms with Crippen molar-refractivity contribution < 1.29 is 18.0 Å². The lowest BCUT2D eigenvalue weighted by molar-refractivity contribution is -0.137. The minimum Gasteiger partial charge on any atom is -0.365 e. The third-order valence-corrected chi connectivity index (χ3v) is 6.31. The molecule has 2 saturated heterocycles. The van der Waals surface area contributed by atoms with Crippen LogP contribution in [0.15, 0.2) is 42.9 Å². The number of hydrogen-bond donors (Lipinski definition) is 1. The highest BCUT2D eigenvalue weighted by molar-refractivity contribution is 5.96. The molecule has 6 rings (SSSR count). The lowest BCUT2D eigenvalue weighted by Crippen LogP contribution is -2.60. The highest BCUT2D eigenvalue weighted by Crippen LogP contribution is 2.38. The van der Waals surface area contributed by atoms with Gasteiger partial charge in [0.1, 0.15) is 11.5 Å². The molecule has 0 spiro atoms. The summed E-state index contributed by atoms with van der Waals surface area (Å²) in [6, 6.07) is 5.70. The Bertz CT molecular complexity index is 1150. The van der Waals surface area contributed by atoms with Crippen molar-refractivity contribution in [2.24, 2.45) is 5.92 Å². The van der Waals surface area contributed by atoms with Gasteiger partial charge in [0.25, 0.3) is 5.91 Å². The molecule has 2 bridgehead atoms. The fraction of sp³-hybridized carbons (Fsp3) is 0.409. The van der Waals surface area contributed by atoms with Gasteiger partial charge in [-0.25, -0.2) is 9.97 Å². The number of halogens is 3. The summed E-state index contributed by atoms with van der Waals surface area (Å²) >= 11 is 0. The van der Waals surface area contributed by atoms with Gasteiger partial charge in [-0.1, -0.05) is 0 Å². The summed E-state index contributed by atoms with van der Waals surface area (Å²) in [6.07, 6.45) is 2.10. The lowest BCUT2D eigenvalue weighted by Gasteiger charge is -2.50.